The fourth-order valence-electron chi connectivity index (χ4n) is 5.60. The van der Waals surface area contributed by atoms with Crippen LogP contribution >= 0.6 is 7.82 Å². The predicted octanol–water partition coefficient (Wildman–Crippen LogP) is 4.91. The van der Waals surface area contributed by atoms with Gasteiger partial charge in [0.1, 0.15) is 17.8 Å². The van der Waals surface area contributed by atoms with Gasteiger partial charge in [0.25, 0.3) is 0 Å². The molecule has 2 aromatic heterocycles. The molecule has 240 valence electrons. The molecule has 47 heavy (non-hydrogen) atoms. The molecule has 6 aromatic rings. The molecule has 2 atom stereocenters. The molecule has 0 radical (unpaired) electrons. The molecule has 12 nitrogen and oxygen atoms in total. The lowest BCUT2D eigenvalue weighted by molar-refractivity contribution is -0.128. The van der Waals surface area contributed by atoms with E-state index in [1.807, 2.05) is 72.9 Å². The average Bonchev–Trinajstić information content (AvgIpc) is 3.68. The lowest BCUT2D eigenvalue weighted by Gasteiger charge is -2.21. The summed E-state index contributed by atoms with van der Waals surface area (Å²) < 4.78 is 21.5. The summed E-state index contributed by atoms with van der Waals surface area (Å²) in [7, 11) is -4.72. The number of benzene rings is 4. The molecule has 2 amide bonds. The number of carbonyl (C=O) groups is 2. The molecule has 0 spiro atoms. The fourth-order valence-corrected chi connectivity index (χ4v) is 6.00. The number of hydrogen-bond acceptors (Lipinski definition) is 7. The van der Waals surface area contributed by atoms with E-state index >= 15 is 0 Å². The van der Waals surface area contributed by atoms with Crippen molar-refractivity contribution in [3.8, 4) is 5.75 Å². The second kappa shape index (κ2) is 13.6. The van der Waals surface area contributed by atoms with Gasteiger partial charge < -0.3 is 24.7 Å². The first-order valence-corrected chi connectivity index (χ1v) is 16.4. The Labute approximate surface area is 269 Å². The minimum absolute atomic E-state index is 0.0305. The molecule has 0 fully saturated rings. The Balaban J connectivity index is 1.26. The van der Waals surface area contributed by atoms with E-state index < -0.39 is 31.7 Å². The van der Waals surface area contributed by atoms with Crippen LogP contribution in [0, 0.1) is 0 Å². The number of para-hydroxylation sites is 1. The third-order valence-electron chi connectivity index (χ3n) is 7.71. The number of phosphoric acid groups is 1. The molecule has 0 unspecified atom stereocenters. The van der Waals surface area contributed by atoms with Gasteiger partial charge in [-0.1, -0.05) is 78.0 Å². The first-order chi connectivity index (χ1) is 22.6. The summed E-state index contributed by atoms with van der Waals surface area (Å²) in [5, 5.41) is 13.1. The first-order valence-electron chi connectivity index (χ1n) is 14.9. The molecule has 4 aromatic carbocycles. The van der Waals surface area contributed by atoms with Gasteiger partial charge in [0.2, 0.25) is 17.7 Å². The van der Waals surface area contributed by atoms with Crippen molar-refractivity contribution in [2.24, 2.45) is 0 Å². The van der Waals surface area contributed by atoms with Crippen molar-refractivity contribution in [1.29, 1.82) is 0 Å². The minimum atomic E-state index is -4.72. The van der Waals surface area contributed by atoms with E-state index in [0.717, 1.165) is 32.8 Å². The summed E-state index contributed by atoms with van der Waals surface area (Å²) in [5.41, 5.74) is 3.53. The van der Waals surface area contributed by atoms with Crippen LogP contribution < -0.4 is 15.2 Å². The normalized spacial score (nSPS) is 12.9. The Bertz CT molecular complexity index is 2080. The van der Waals surface area contributed by atoms with Gasteiger partial charge in [-0.3, -0.25) is 19.4 Å². The summed E-state index contributed by atoms with van der Waals surface area (Å²) in [6, 6.07) is 26.1. The molecular formula is C34H32N5O7P. The maximum Gasteiger partial charge on any atom is 0.524 e. The number of H-pyrrole nitrogens is 1. The van der Waals surface area contributed by atoms with Gasteiger partial charge in [0, 0.05) is 43.3 Å². The predicted molar refractivity (Wildman–Crippen MR) is 174 cm³/mol. The van der Waals surface area contributed by atoms with E-state index in [-0.39, 0.29) is 18.1 Å². The van der Waals surface area contributed by atoms with Gasteiger partial charge in [0.05, 0.1) is 0 Å². The maximum absolute atomic E-state index is 13.8. The van der Waals surface area contributed by atoms with Gasteiger partial charge in [0.15, 0.2) is 5.82 Å². The number of nitrogens with zero attached hydrogens (tertiary/aromatic N) is 2. The van der Waals surface area contributed by atoms with Gasteiger partial charge in [-0.05, 0) is 45.7 Å². The third kappa shape index (κ3) is 7.93. The van der Waals surface area contributed by atoms with Crippen LogP contribution in [0.1, 0.15) is 41.4 Å². The van der Waals surface area contributed by atoms with E-state index in [9.17, 15) is 14.2 Å². The Morgan fingerprint density at radius 2 is 1.62 bits per heavy atom. The molecule has 5 N–H and O–H groups in total. The summed E-state index contributed by atoms with van der Waals surface area (Å²) in [4.78, 5) is 52.1. The number of amides is 2. The van der Waals surface area contributed by atoms with Crippen LogP contribution in [0.5, 0.6) is 5.75 Å². The van der Waals surface area contributed by atoms with E-state index in [1.165, 1.54) is 19.1 Å². The van der Waals surface area contributed by atoms with Crippen molar-refractivity contribution < 1.29 is 33.0 Å². The van der Waals surface area contributed by atoms with Crippen molar-refractivity contribution in [3.63, 3.8) is 0 Å². The number of rotatable bonds is 12. The van der Waals surface area contributed by atoms with Gasteiger partial charge >= 0.3 is 7.82 Å². The first kappa shape index (κ1) is 31.7. The van der Waals surface area contributed by atoms with E-state index in [1.54, 1.807) is 12.1 Å². The molecule has 0 saturated heterocycles. The number of aromatic nitrogens is 3. The Morgan fingerprint density at radius 1 is 0.894 bits per heavy atom. The Hall–Kier alpha value is -5.29. The molecule has 0 aliphatic heterocycles. The van der Waals surface area contributed by atoms with Crippen molar-refractivity contribution >= 4 is 41.3 Å². The molecule has 0 aliphatic rings. The van der Waals surface area contributed by atoms with E-state index in [2.05, 4.69) is 25.3 Å². The third-order valence-corrected chi connectivity index (χ3v) is 8.16. The lowest BCUT2D eigenvalue weighted by Crippen LogP contribution is -2.48. The zero-order valence-electron chi connectivity index (χ0n) is 25.3. The zero-order chi connectivity index (χ0) is 33.0. The number of hydrogen-bond donors (Lipinski definition) is 5. The zero-order valence-corrected chi connectivity index (χ0v) is 26.2. The molecule has 6 rings (SSSR count). The van der Waals surface area contributed by atoms with Crippen molar-refractivity contribution in [2.45, 2.75) is 38.3 Å². The number of carbonyl (C=O) groups excluding carboxylic acids is 2. The van der Waals surface area contributed by atoms with E-state index in [4.69, 9.17) is 19.3 Å². The maximum atomic E-state index is 13.8. The molecular weight excluding hydrogens is 621 g/mol. The van der Waals surface area contributed by atoms with Gasteiger partial charge in [-0.2, -0.15) is 4.98 Å². The average molecular weight is 654 g/mol. The number of aromatic amines is 1. The molecule has 0 aliphatic carbocycles. The SMILES string of the molecule is CC(=O)N[C@@H](Cc1ccc(OP(=O)(O)O)cc1)C(=O)N[C@@H](Cc1c[nH]c2ccccc12)c1nc(Cc2cccc3ccccc23)no1. The quantitative estimate of drug-likeness (QED) is 0.115. The number of phosphoric ester groups is 1. The highest BCUT2D eigenvalue weighted by atomic mass is 31.2. The second-order valence-electron chi connectivity index (χ2n) is 11.2. The van der Waals surface area contributed by atoms with Crippen LogP contribution in [-0.4, -0.2) is 42.8 Å². The van der Waals surface area contributed by atoms with E-state index in [0.29, 0.717) is 24.2 Å². The summed E-state index contributed by atoms with van der Waals surface area (Å²) in [6.07, 6.45) is 2.73. The standard InChI is InChI=1S/C34H32N5O7P/c1-21(40)36-30(17-22-13-15-26(16-14-22)46-47(42,43)44)33(41)37-31(18-25-20-35-29-12-5-4-11-28(25)29)34-38-32(39-45-34)19-24-9-6-8-23-7-2-3-10-27(23)24/h2-16,20,30-31,35H,17-19H2,1H3,(H,36,40)(H,37,41)(H2,42,43,44)/t30-,31-/m0/s1. The van der Waals surface area contributed by atoms with Crippen LogP contribution in [0.4, 0.5) is 0 Å². The summed E-state index contributed by atoms with van der Waals surface area (Å²) in [6.45, 7) is 1.32. The Kier molecular flexibility index (Phi) is 9.17. The fraction of sp³-hybridized carbons (Fsp3) is 0.176. The van der Waals surface area contributed by atoms with Crippen molar-refractivity contribution in [3.05, 3.63) is 126 Å². The lowest BCUT2D eigenvalue weighted by atomic mass is 10.0. The highest BCUT2D eigenvalue weighted by molar-refractivity contribution is 7.46. The second-order valence-corrected chi connectivity index (χ2v) is 12.3. The monoisotopic (exact) mass is 653 g/mol. The van der Waals surface area contributed by atoms with Crippen LogP contribution in [0.15, 0.2) is 102 Å². The largest absolute Gasteiger partial charge is 0.524 e. The highest BCUT2D eigenvalue weighted by Crippen LogP contribution is 2.37. The van der Waals surface area contributed by atoms with Crippen LogP contribution in [0.25, 0.3) is 21.7 Å². The Morgan fingerprint density at radius 3 is 2.38 bits per heavy atom. The molecule has 0 bridgehead atoms. The molecule has 2 heterocycles. The topological polar surface area (TPSA) is 180 Å². The summed E-state index contributed by atoms with van der Waals surface area (Å²) >= 11 is 0. The smallest absolute Gasteiger partial charge is 0.404 e. The number of nitrogens with one attached hydrogen (secondary N) is 3. The highest BCUT2D eigenvalue weighted by Gasteiger charge is 2.28. The van der Waals surface area contributed by atoms with Crippen molar-refractivity contribution in [2.75, 3.05) is 0 Å². The molecule has 0 saturated carbocycles. The van der Waals surface area contributed by atoms with Gasteiger partial charge in [-0.25, -0.2) is 4.57 Å². The minimum Gasteiger partial charge on any atom is -0.404 e. The van der Waals surface area contributed by atoms with Crippen molar-refractivity contribution in [1.82, 2.24) is 25.8 Å². The van der Waals surface area contributed by atoms with Gasteiger partial charge in [-0.15, -0.1) is 0 Å². The van der Waals surface area contributed by atoms with Crippen LogP contribution in [0.3, 0.4) is 0 Å². The molecule has 13 heteroatoms. The van der Waals surface area contributed by atoms with Crippen LogP contribution in [-0.2, 0) is 33.4 Å². The summed E-state index contributed by atoms with van der Waals surface area (Å²) in [5.74, 6) is -0.230. The number of fused-ring (bicyclic) bond motifs is 2. The van der Waals surface area contributed by atoms with Crippen LogP contribution in [0.2, 0.25) is 0 Å².